The molecule has 0 unspecified atom stereocenters. The fourth-order valence-corrected chi connectivity index (χ4v) is 3.49. The first-order valence-electron chi connectivity index (χ1n) is 7.65. The fraction of sp³-hybridized carbons (Fsp3) is 0.533. The summed E-state index contributed by atoms with van der Waals surface area (Å²) in [5, 5.41) is 0. The standard InChI is InChI=1S/C15H24N4O3S/c1-12(2)16-23(21,22)17-14-6-4-13(5-7-14)15(20)19-10-8-18(3)9-11-19/h4-7,12,16-17H,8-11H2,1-3H3. The minimum atomic E-state index is -3.59. The Morgan fingerprint density at radius 2 is 1.65 bits per heavy atom. The first-order valence-corrected chi connectivity index (χ1v) is 9.13. The van der Waals surface area contributed by atoms with Crippen LogP contribution in [-0.2, 0) is 10.2 Å². The highest BCUT2D eigenvalue weighted by Crippen LogP contribution is 2.14. The molecule has 1 saturated heterocycles. The van der Waals surface area contributed by atoms with Gasteiger partial charge in [0.2, 0.25) is 0 Å². The van der Waals surface area contributed by atoms with Crippen LogP contribution in [0.4, 0.5) is 5.69 Å². The first kappa shape index (κ1) is 17.7. The maximum atomic E-state index is 12.4. The van der Waals surface area contributed by atoms with Gasteiger partial charge in [-0.1, -0.05) is 0 Å². The second-order valence-corrected chi connectivity index (χ2v) is 7.50. The van der Waals surface area contributed by atoms with Crippen molar-refractivity contribution in [2.24, 2.45) is 0 Å². The van der Waals surface area contributed by atoms with Crippen LogP contribution in [0.1, 0.15) is 24.2 Å². The number of benzene rings is 1. The van der Waals surface area contributed by atoms with Gasteiger partial charge >= 0.3 is 0 Å². The van der Waals surface area contributed by atoms with Crippen LogP contribution in [-0.4, -0.2) is 63.4 Å². The minimum Gasteiger partial charge on any atom is -0.336 e. The highest BCUT2D eigenvalue weighted by atomic mass is 32.2. The molecule has 1 aliphatic heterocycles. The van der Waals surface area contributed by atoms with E-state index >= 15 is 0 Å². The molecule has 0 aromatic heterocycles. The molecule has 8 heteroatoms. The van der Waals surface area contributed by atoms with Gasteiger partial charge in [0.1, 0.15) is 0 Å². The fourth-order valence-electron chi connectivity index (χ4n) is 2.37. The normalized spacial score (nSPS) is 16.6. The van der Waals surface area contributed by atoms with E-state index in [1.165, 1.54) is 0 Å². The van der Waals surface area contributed by atoms with Crippen molar-refractivity contribution < 1.29 is 13.2 Å². The average molecular weight is 340 g/mol. The van der Waals surface area contributed by atoms with E-state index in [-0.39, 0.29) is 11.9 Å². The van der Waals surface area contributed by atoms with E-state index < -0.39 is 10.2 Å². The maximum Gasteiger partial charge on any atom is 0.299 e. The van der Waals surface area contributed by atoms with E-state index in [0.29, 0.717) is 24.3 Å². The summed E-state index contributed by atoms with van der Waals surface area (Å²) in [5.74, 6) is -0.0205. The number of carbonyl (C=O) groups is 1. The van der Waals surface area contributed by atoms with Crippen LogP contribution in [0.5, 0.6) is 0 Å². The average Bonchev–Trinajstić information content (AvgIpc) is 2.46. The Labute approximate surface area is 137 Å². The van der Waals surface area contributed by atoms with Gasteiger partial charge in [0, 0.05) is 43.5 Å². The molecule has 1 aromatic rings. The predicted molar refractivity (Wildman–Crippen MR) is 90.7 cm³/mol. The highest BCUT2D eigenvalue weighted by Gasteiger charge is 2.20. The molecule has 1 aliphatic rings. The Hall–Kier alpha value is -1.64. The number of likely N-dealkylation sites (N-methyl/N-ethyl adjacent to an activating group) is 1. The van der Waals surface area contributed by atoms with Crippen molar-refractivity contribution in [3.63, 3.8) is 0 Å². The summed E-state index contributed by atoms with van der Waals surface area (Å²) in [6.45, 7) is 6.65. The second kappa shape index (κ2) is 7.29. The van der Waals surface area contributed by atoms with Gasteiger partial charge in [-0.05, 0) is 45.2 Å². The molecule has 1 fully saturated rings. The summed E-state index contributed by atoms with van der Waals surface area (Å²) in [4.78, 5) is 16.4. The van der Waals surface area contributed by atoms with Crippen molar-refractivity contribution in [2.45, 2.75) is 19.9 Å². The van der Waals surface area contributed by atoms with Crippen molar-refractivity contribution in [1.29, 1.82) is 0 Å². The Morgan fingerprint density at radius 3 is 2.17 bits per heavy atom. The lowest BCUT2D eigenvalue weighted by Gasteiger charge is -2.32. The molecule has 0 bridgehead atoms. The number of piperazine rings is 1. The maximum absolute atomic E-state index is 12.4. The predicted octanol–water partition coefficient (Wildman–Crippen LogP) is 0.729. The number of hydrogen-bond donors (Lipinski definition) is 2. The number of hydrogen-bond acceptors (Lipinski definition) is 4. The van der Waals surface area contributed by atoms with E-state index in [1.807, 2.05) is 11.9 Å². The molecule has 128 valence electrons. The number of carbonyl (C=O) groups excluding carboxylic acids is 1. The van der Waals surface area contributed by atoms with Crippen molar-refractivity contribution >= 4 is 21.8 Å². The molecular weight excluding hydrogens is 316 g/mol. The summed E-state index contributed by atoms with van der Waals surface area (Å²) in [6, 6.07) is 6.30. The molecule has 0 spiro atoms. The van der Waals surface area contributed by atoms with Gasteiger partial charge in [0.25, 0.3) is 16.1 Å². The van der Waals surface area contributed by atoms with Gasteiger partial charge in [0.05, 0.1) is 0 Å². The zero-order chi connectivity index (χ0) is 17.0. The van der Waals surface area contributed by atoms with Crippen LogP contribution < -0.4 is 9.44 Å². The van der Waals surface area contributed by atoms with E-state index in [4.69, 9.17) is 0 Å². The van der Waals surface area contributed by atoms with Crippen LogP contribution in [0.15, 0.2) is 24.3 Å². The second-order valence-electron chi connectivity index (χ2n) is 6.05. The zero-order valence-electron chi connectivity index (χ0n) is 13.7. The van der Waals surface area contributed by atoms with E-state index in [2.05, 4.69) is 14.3 Å². The summed E-state index contributed by atoms with van der Waals surface area (Å²) < 4.78 is 28.5. The Balaban J connectivity index is 2.00. The summed E-state index contributed by atoms with van der Waals surface area (Å²) in [7, 11) is -1.56. The molecule has 0 saturated carbocycles. The lowest BCUT2D eigenvalue weighted by Crippen LogP contribution is -2.47. The Bertz CT molecular complexity index is 635. The lowest BCUT2D eigenvalue weighted by molar-refractivity contribution is 0.0664. The third-order valence-corrected chi connectivity index (χ3v) is 4.85. The van der Waals surface area contributed by atoms with Crippen molar-refractivity contribution in [3.8, 4) is 0 Å². The Kier molecular flexibility index (Phi) is 5.61. The van der Waals surface area contributed by atoms with Gasteiger partial charge in [-0.15, -0.1) is 0 Å². The first-order chi connectivity index (χ1) is 10.8. The Morgan fingerprint density at radius 1 is 1.09 bits per heavy atom. The van der Waals surface area contributed by atoms with Gasteiger partial charge in [-0.3, -0.25) is 9.52 Å². The van der Waals surface area contributed by atoms with Crippen LogP contribution in [0, 0.1) is 0 Å². The van der Waals surface area contributed by atoms with Crippen molar-refractivity contribution in [1.82, 2.24) is 14.5 Å². The van der Waals surface area contributed by atoms with Crippen LogP contribution in [0.3, 0.4) is 0 Å². The van der Waals surface area contributed by atoms with Crippen LogP contribution >= 0.6 is 0 Å². The molecule has 7 nitrogen and oxygen atoms in total. The molecule has 0 aliphatic carbocycles. The number of anilines is 1. The van der Waals surface area contributed by atoms with E-state index in [0.717, 1.165) is 13.1 Å². The summed E-state index contributed by atoms with van der Waals surface area (Å²) >= 11 is 0. The van der Waals surface area contributed by atoms with Crippen LogP contribution in [0.2, 0.25) is 0 Å². The molecule has 1 amide bonds. The molecule has 1 heterocycles. The molecular formula is C15H24N4O3S. The van der Waals surface area contributed by atoms with Gasteiger partial charge in [-0.25, -0.2) is 0 Å². The molecule has 2 rings (SSSR count). The quantitative estimate of drug-likeness (QED) is 0.828. The van der Waals surface area contributed by atoms with Crippen LogP contribution in [0.25, 0.3) is 0 Å². The largest absolute Gasteiger partial charge is 0.336 e. The molecule has 23 heavy (non-hydrogen) atoms. The molecule has 1 aromatic carbocycles. The molecule has 0 atom stereocenters. The number of nitrogens with zero attached hydrogens (tertiary/aromatic N) is 2. The SMILES string of the molecule is CC(C)NS(=O)(=O)Nc1ccc(C(=O)N2CCN(C)CC2)cc1. The summed E-state index contributed by atoms with van der Waals surface area (Å²) in [6.07, 6.45) is 0. The molecule has 0 radical (unpaired) electrons. The van der Waals surface area contributed by atoms with Crippen molar-refractivity contribution in [2.75, 3.05) is 37.9 Å². The third kappa shape index (κ3) is 5.19. The smallest absolute Gasteiger partial charge is 0.299 e. The number of rotatable bonds is 5. The highest BCUT2D eigenvalue weighted by molar-refractivity contribution is 7.90. The van der Waals surface area contributed by atoms with E-state index in [9.17, 15) is 13.2 Å². The lowest BCUT2D eigenvalue weighted by atomic mass is 10.1. The number of amides is 1. The molecule has 2 N–H and O–H groups in total. The monoisotopic (exact) mass is 340 g/mol. The zero-order valence-corrected chi connectivity index (χ0v) is 14.6. The summed E-state index contributed by atoms with van der Waals surface area (Å²) in [5.41, 5.74) is 0.988. The van der Waals surface area contributed by atoms with Gasteiger partial charge < -0.3 is 9.80 Å². The van der Waals surface area contributed by atoms with Crippen molar-refractivity contribution in [3.05, 3.63) is 29.8 Å². The van der Waals surface area contributed by atoms with E-state index in [1.54, 1.807) is 38.1 Å². The third-order valence-electron chi connectivity index (χ3n) is 3.57. The van der Waals surface area contributed by atoms with Gasteiger partial charge in [-0.2, -0.15) is 13.1 Å². The number of nitrogens with one attached hydrogen (secondary N) is 2. The topological polar surface area (TPSA) is 81.8 Å². The minimum absolute atomic E-state index is 0.0205. The van der Waals surface area contributed by atoms with Gasteiger partial charge in [0.15, 0.2) is 0 Å².